The minimum Gasteiger partial charge on any atom is -0.295 e. The highest BCUT2D eigenvalue weighted by atomic mass is 16.2. The van der Waals surface area contributed by atoms with Crippen molar-refractivity contribution in [1.82, 2.24) is 5.32 Å². The van der Waals surface area contributed by atoms with E-state index in [0.717, 1.165) is 16.7 Å². The van der Waals surface area contributed by atoms with Gasteiger partial charge in [0.25, 0.3) is 5.91 Å². The predicted molar refractivity (Wildman–Crippen MR) is 59.4 cm³/mol. The van der Waals surface area contributed by atoms with Gasteiger partial charge in [-0.2, -0.15) is 0 Å². The average molecular weight is 203 g/mol. The van der Waals surface area contributed by atoms with Crippen molar-refractivity contribution < 1.29 is 9.59 Å². The molecule has 0 atom stereocenters. The summed E-state index contributed by atoms with van der Waals surface area (Å²) in [6, 6.07) is 5.47. The maximum Gasteiger partial charge on any atom is 0.257 e. The Bertz CT molecular complexity index is 422. The molecule has 1 N–H and O–H groups in total. The van der Waals surface area contributed by atoms with E-state index in [1.54, 1.807) is 6.07 Å². The van der Waals surface area contributed by atoms with E-state index in [1.807, 2.05) is 26.0 Å². The number of rotatable bonds is 3. The zero-order valence-corrected chi connectivity index (χ0v) is 8.83. The molecule has 3 nitrogen and oxygen atoms in total. The van der Waals surface area contributed by atoms with Crippen molar-refractivity contribution in [2.24, 2.45) is 0 Å². The molecule has 15 heavy (non-hydrogen) atoms. The maximum absolute atomic E-state index is 11.5. The van der Waals surface area contributed by atoms with Gasteiger partial charge in [-0.3, -0.25) is 14.9 Å². The molecule has 0 saturated heterocycles. The Balaban J connectivity index is 3.15. The Hall–Kier alpha value is -1.90. The predicted octanol–water partition coefficient (Wildman–Crippen LogP) is 1.91. The number of hydrogen-bond acceptors (Lipinski definition) is 2. The monoisotopic (exact) mass is 203 g/mol. The van der Waals surface area contributed by atoms with Gasteiger partial charge in [0.1, 0.15) is 0 Å². The Kier molecular flexibility index (Phi) is 3.39. The number of imide groups is 1. The molecule has 0 heterocycles. The molecule has 2 amide bonds. The summed E-state index contributed by atoms with van der Waals surface area (Å²) in [5, 5.41) is 2.12. The lowest BCUT2D eigenvalue weighted by Crippen LogP contribution is -2.22. The number of carbonyl (C=O) groups is 2. The van der Waals surface area contributed by atoms with E-state index < -0.39 is 0 Å². The number of benzene rings is 1. The Labute approximate surface area is 88.8 Å². The van der Waals surface area contributed by atoms with Crippen LogP contribution in [0.25, 0.3) is 5.57 Å². The molecule has 0 aliphatic rings. The minimum absolute atomic E-state index is 0.384. The number of aryl methyl sites for hydroxylation is 1. The van der Waals surface area contributed by atoms with Gasteiger partial charge in [0, 0.05) is 5.56 Å². The van der Waals surface area contributed by atoms with E-state index in [2.05, 4.69) is 11.9 Å². The van der Waals surface area contributed by atoms with Crippen LogP contribution in [0.1, 0.15) is 28.4 Å². The smallest absolute Gasteiger partial charge is 0.257 e. The number of hydrogen-bond donors (Lipinski definition) is 1. The van der Waals surface area contributed by atoms with Gasteiger partial charge < -0.3 is 0 Å². The first-order valence-corrected chi connectivity index (χ1v) is 4.57. The summed E-state index contributed by atoms with van der Waals surface area (Å²) in [6.45, 7) is 7.49. The lowest BCUT2D eigenvalue weighted by molar-refractivity contribution is -0.108. The largest absolute Gasteiger partial charge is 0.295 e. The number of amides is 2. The lowest BCUT2D eigenvalue weighted by Gasteiger charge is -2.06. The molecule has 0 spiro atoms. The van der Waals surface area contributed by atoms with Crippen LogP contribution in [-0.4, -0.2) is 12.3 Å². The van der Waals surface area contributed by atoms with Crippen molar-refractivity contribution in [3.05, 3.63) is 41.5 Å². The van der Waals surface area contributed by atoms with E-state index in [1.165, 1.54) is 0 Å². The second-order valence-corrected chi connectivity index (χ2v) is 3.40. The zero-order chi connectivity index (χ0) is 11.4. The first-order chi connectivity index (χ1) is 7.06. The van der Waals surface area contributed by atoms with Crippen molar-refractivity contribution in [3.8, 4) is 0 Å². The summed E-state index contributed by atoms with van der Waals surface area (Å²) in [7, 11) is 0. The van der Waals surface area contributed by atoms with Crippen LogP contribution in [0.3, 0.4) is 0 Å². The molecule has 0 radical (unpaired) electrons. The number of carbonyl (C=O) groups excluding carboxylic acids is 2. The minimum atomic E-state index is -0.384. The van der Waals surface area contributed by atoms with Crippen LogP contribution < -0.4 is 5.32 Å². The summed E-state index contributed by atoms with van der Waals surface area (Å²) >= 11 is 0. The van der Waals surface area contributed by atoms with E-state index in [-0.39, 0.29) is 5.91 Å². The second kappa shape index (κ2) is 4.55. The first kappa shape index (κ1) is 11.2. The molecule has 1 aromatic rings. The zero-order valence-electron chi connectivity index (χ0n) is 8.83. The Morgan fingerprint density at radius 3 is 2.67 bits per heavy atom. The Morgan fingerprint density at radius 2 is 2.13 bits per heavy atom. The van der Waals surface area contributed by atoms with Crippen molar-refractivity contribution >= 4 is 17.9 Å². The molecular weight excluding hydrogens is 190 g/mol. The van der Waals surface area contributed by atoms with Crippen LogP contribution >= 0.6 is 0 Å². The van der Waals surface area contributed by atoms with Crippen molar-refractivity contribution in [2.75, 3.05) is 0 Å². The fourth-order valence-electron chi connectivity index (χ4n) is 1.26. The highest BCUT2D eigenvalue weighted by Crippen LogP contribution is 2.16. The van der Waals surface area contributed by atoms with Crippen LogP contribution in [0, 0.1) is 6.92 Å². The van der Waals surface area contributed by atoms with Gasteiger partial charge in [-0.1, -0.05) is 24.3 Å². The number of allylic oxidation sites excluding steroid dienone is 1. The maximum atomic E-state index is 11.5. The fraction of sp³-hybridized carbons (Fsp3) is 0.167. The molecule has 1 rings (SSSR count). The third-order valence-corrected chi connectivity index (χ3v) is 2.17. The third kappa shape index (κ3) is 2.53. The van der Waals surface area contributed by atoms with Gasteiger partial charge in [-0.05, 0) is 31.0 Å². The van der Waals surface area contributed by atoms with Gasteiger partial charge in [0.05, 0.1) is 0 Å². The standard InChI is InChI=1S/C12H13NO2/c1-8(2)10-5-4-9(3)11(6-10)12(15)13-7-14/h4-7H,1H2,2-3H3,(H,13,14,15). The average Bonchev–Trinajstić information content (AvgIpc) is 2.18. The van der Waals surface area contributed by atoms with E-state index in [0.29, 0.717) is 12.0 Å². The van der Waals surface area contributed by atoms with E-state index in [9.17, 15) is 9.59 Å². The van der Waals surface area contributed by atoms with Crippen LogP contribution in [-0.2, 0) is 4.79 Å². The van der Waals surface area contributed by atoms with Crippen molar-refractivity contribution in [2.45, 2.75) is 13.8 Å². The van der Waals surface area contributed by atoms with Crippen LogP contribution in [0.5, 0.6) is 0 Å². The molecular formula is C12H13NO2. The highest BCUT2D eigenvalue weighted by molar-refractivity contribution is 6.01. The summed E-state index contributed by atoms with van der Waals surface area (Å²) in [5.41, 5.74) is 3.12. The summed E-state index contributed by atoms with van der Waals surface area (Å²) in [4.78, 5) is 21.6. The molecule has 0 aromatic heterocycles. The summed E-state index contributed by atoms with van der Waals surface area (Å²) in [5.74, 6) is -0.384. The summed E-state index contributed by atoms with van der Waals surface area (Å²) in [6.07, 6.45) is 0.384. The molecule has 0 aliphatic heterocycles. The molecule has 0 unspecified atom stereocenters. The van der Waals surface area contributed by atoms with Gasteiger partial charge in [-0.25, -0.2) is 0 Å². The first-order valence-electron chi connectivity index (χ1n) is 4.57. The lowest BCUT2D eigenvalue weighted by atomic mass is 10.0. The van der Waals surface area contributed by atoms with Crippen molar-refractivity contribution in [1.29, 1.82) is 0 Å². The van der Waals surface area contributed by atoms with Gasteiger partial charge in [0.2, 0.25) is 6.41 Å². The molecule has 3 heteroatoms. The van der Waals surface area contributed by atoms with E-state index in [4.69, 9.17) is 0 Å². The van der Waals surface area contributed by atoms with Gasteiger partial charge >= 0.3 is 0 Å². The Morgan fingerprint density at radius 1 is 1.47 bits per heavy atom. The molecule has 0 bridgehead atoms. The normalized spacial score (nSPS) is 9.47. The van der Waals surface area contributed by atoms with Crippen LogP contribution in [0.4, 0.5) is 0 Å². The van der Waals surface area contributed by atoms with Crippen LogP contribution in [0.2, 0.25) is 0 Å². The quantitative estimate of drug-likeness (QED) is 0.763. The summed E-state index contributed by atoms with van der Waals surface area (Å²) < 4.78 is 0. The van der Waals surface area contributed by atoms with Gasteiger partial charge in [-0.15, -0.1) is 0 Å². The number of nitrogens with one attached hydrogen (secondary N) is 1. The third-order valence-electron chi connectivity index (χ3n) is 2.17. The topological polar surface area (TPSA) is 46.2 Å². The second-order valence-electron chi connectivity index (χ2n) is 3.40. The molecule has 78 valence electrons. The molecule has 0 saturated carbocycles. The SMILES string of the molecule is C=C(C)c1ccc(C)c(C(=O)NC=O)c1. The van der Waals surface area contributed by atoms with E-state index >= 15 is 0 Å². The van der Waals surface area contributed by atoms with Crippen molar-refractivity contribution in [3.63, 3.8) is 0 Å². The van der Waals surface area contributed by atoms with Crippen LogP contribution in [0.15, 0.2) is 24.8 Å². The molecule has 0 aliphatic carbocycles. The van der Waals surface area contributed by atoms with Gasteiger partial charge in [0.15, 0.2) is 0 Å². The molecule has 1 aromatic carbocycles. The fourth-order valence-corrected chi connectivity index (χ4v) is 1.26. The molecule has 0 fully saturated rings. The highest BCUT2D eigenvalue weighted by Gasteiger charge is 2.08.